The molecule has 5 heteroatoms. The van der Waals surface area contributed by atoms with Gasteiger partial charge < -0.3 is 20.5 Å². The zero-order valence-corrected chi connectivity index (χ0v) is 11.6. The Balaban J connectivity index is 1.77. The molecule has 0 aromatic heterocycles. The summed E-state index contributed by atoms with van der Waals surface area (Å²) in [5.74, 6) is 1.27. The van der Waals surface area contributed by atoms with E-state index in [1.54, 1.807) is 25.3 Å². The Morgan fingerprint density at radius 3 is 2.85 bits per heavy atom. The third-order valence-corrected chi connectivity index (χ3v) is 4.60. The van der Waals surface area contributed by atoms with Gasteiger partial charge in [-0.05, 0) is 30.9 Å². The number of carbonyl (C=O) groups excluding carboxylic acids is 1. The summed E-state index contributed by atoms with van der Waals surface area (Å²) in [6.45, 7) is 1.36. The van der Waals surface area contributed by atoms with E-state index in [0.29, 0.717) is 29.5 Å². The van der Waals surface area contributed by atoms with Crippen molar-refractivity contribution in [2.45, 2.75) is 18.9 Å². The maximum Gasteiger partial charge on any atom is 0.255 e. The average Bonchev–Trinajstić information content (AvgIpc) is 3.00. The quantitative estimate of drug-likeness (QED) is 0.794. The van der Waals surface area contributed by atoms with E-state index < -0.39 is 0 Å². The summed E-state index contributed by atoms with van der Waals surface area (Å²) >= 11 is 0. The number of nitrogens with two attached hydrogens (primary N) is 1. The number of methoxy groups -OCH3 is 1. The lowest BCUT2D eigenvalue weighted by atomic mass is 10.00. The highest BCUT2D eigenvalue weighted by atomic mass is 16.5. The van der Waals surface area contributed by atoms with Gasteiger partial charge >= 0.3 is 0 Å². The van der Waals surface area contributed by atoms with E-state index in [1.807, 2.05) is 4.90 Å². The maximum atomic E-state index is 12.5. The number of aliphatic hydroxyl groups is 1. The third-order valence-electron chi connectivity index (χ3n) is 4.60. The molecule has 1 aromatic carbocycles. The molecule has 1 heterocycles. The summed E-state index contributed by atoms with van der Waals surface area (Å²) in [7, 11) is 1.57. The van der Waals surface area contributed by atoms with Crippen molar-refractivity contribution in [2.24, 2.45) is 11.8 Å². The summed E-state index contributed by atoms with van der Waals surface area (Å²) < 4.78 is 5.09. The standard InChI is InChI=1S/C15H20N2O3/c1-20-10-3-4-11(13(16)6-10)15(19)17-7-9-2-5-14(18)12(9)8-17/h3-4,6,9,12,14,18H,2,5,7-8,16H2,1H3. The number of nitrogen functional groups attached to an aromatic ring is 1. The van der Waals surface area contributed by atoms with Crippen LogP contribution in [-0.2, 0) is 0 Å². The van der Waals surface area contributed by atoms with Gasteiger partial charge in [-0.1, -0.05) is 0 Å². The van der Waals surface area contributed by atoms with E-state index in [9.17, 15) is 9.90 Å². The third kappa shape index (κ3) is 2.12. The van der Waals surface area contributed by atoms with Crippen LogP contribution in [0.25, 0.3) is 0 Å². The molecule has 1 aromatic rings. The molecule has 2 fully saturated rings. The molecule has 0 spiro atoms. The first kappa shape index (κ1) is 13.2. The number of hydrogen-bond donors (Lipinski definition) is 2. The predicted molar refractivity (Wildman–Crippen MR) is 75.5 cm³/mol. The first-order chi connectivity index (χ1) is 9.60. The molecule has 3 unspecified atom stereocenters. The maximum absolute atomic E-state index is 12.5. The molecular weight excluding hydrogens is 256 g/mol. The van der Waals surface area contributed by atoms with Gasteiger partial charge in [-0.15, -0.1) is 0 Å². The highest BCUT2D eigenvalue weighted by Crippen LogP contribution is 2.38. The molecule has 3 N–H and O–H groups in total. The molecule has 1 aliphatic carbocycles. The van der Waals surface area contributed by atoms with Crippen molar-refractivity contribution in [1.29, 1.82) is 0 Å². The molecule has 2 aliphatic rings. The fourth-order valence-electron chi connectivity index (χ4n) is 3.44. The van der Waals surface area contributed by atoms with Crippen LogP contribution in [0, 0.1) is 11.8 Å². The van der Waals surface area contributed by atoms with Crippen molar-refractivity contribution in [1.82, 2.24) is 4.90 Å². The minimum absolute atomic E-state index is 0.0493. The highest BCUT2D eigenvalue weighted by molar-refractivity contribution is 5.99. The van der Waals surface area contributed by atoms with Crippen molar-refractivity contribution < 1.29 is 14.6 Å². The normalized spacial score (nSPS) is 28.5. The topological polar surface area (TPSA) is 75.8 Å². The Hall–Kier alpha value is -1.75. The fraction of sp³-hybridized carbons (Fsp3) is 0.533. The summed E-state index contributed by atoms with van der Waals surface area (Å²) in [5, 5.41) is 9.91. The van der Waals surface area contributed by atoms with Gasteiger partial charge in [0.1, 0.15) is 5.75 Å². The highest BCUT2D eigenvalue weighted by Gasteiger charge is 2.43. The molecule has 1 amide bonds. The molecule has 3 atom stereocenters. The van der Waals surface area contributed by atoms with Crippen LogP contribution in [0.2, 0.25) is 0 Å². The Morgan fingerprint density at radius 2 is 2.20 bits per heavy atom. The number of amides is 1. The summed E-state index contributed by atoms with van der Waals surface area (Å²) in [6, 6.07) is 5.12. The van der Waals surface area contributed by atoms with Crippen LogP contribution in [0.15, 0.2) is 18.2 Å². The van der Waals surface area contributed by atoms with Crippen LogP contribution >= 0.6 is 0 Å². The van der Waals surface area contributed by atoms with Crippen LogP contribution in [0.4, 0.5) is 5.69 Å². The first-order valence-electron chi connectivity index (χ1n) is 7.01. The summed E-state index contributed by atoms with van der Waals surface area (Å²) in [6.07, 6.45) is 1.61. The smallest absolute Gasteiger partial charge is 0.255 e. The van der Waals surface area contributed by atoms with Crippen molar-refractivity contribution in [3.8, 4) is 5.75 Å². The van der Waals surface area contributed by atoms with E-state index in [4.69, 9.17) is 10.5 Å². The van der Waals surface area contributed by atoms with E-state index in [0.717, 1.165) is 19.4 Å². The lowest BCUT2D eigenvalue weighted by molar-refractivity contribution is 0.0753. The van der Waals surface area contributed by atoms with Crippen molar-refractivity contribution >= 4 is 11.6 Å². The second-order valence-corrected chi connectivity index (χ2v) is 5.73. The molecule has 108 valence electrons. The van der Waals surface area contributed by atoms with Gasteiger partial charge in [0.2, 0.25) is 0 Å². The van der Waals surface area contributed by atoms with E-state index >= 15 is 0 Å². The molecular formula is C15H20N2O3. The molecule has 1 aliphatic heterocycles. The minimum Gasteiger partial charge on any atom is -0.497 e. The number of anilines is 1. The van der Waals surface area contributed by atoms with Crippen LogP contribution in [0.5, 0.6) is 5.75 Å². The van der Waals surface area contributed by atoms with Gasteiger partial charge in [-0.2, -0.15) is 0 Å². The van der Waals surface area contributed by atoms with Gasteiger partial charge in [0.05, 0.1) is 18.8 Å². The minimum atomic E-state index is -0.258. The van der Waals surface area contributed by atoms with Crippen LogP contribution < -0.4 is 10.5 Å². The van der Waals surface area contributed by atoms with E-state index in [1.165, 1.54) is 0 Å². The number of benzene rings is 1. The molecule has 1 saturated heterocycles. The number of likely N-dealkylation sites (tertiary alicyclic amines) is 1. The van der Waals surface area contributed by atoms with Crippen molar-refractivity contribution in [3.05, 3.63) is 23.8 Å². The second kappa shape index (κ2) is 4.98. The SMILES string of the molecule is COc1ccc(C(=O)N2CC3CCC(O)C3C2)c(N)c1. The second-order valence-electron chi connectivity index (χ2n) is 5.73. The Kier molecular flexibility index (Phi) is 3.30. The van der Waals surface area contributed by atoms with Crippen molar-refractivity contribution in [3.63, 3.8) is 0 Å². The van der Waals surface area contributed by atoms with Gasteiger partial charge in [0, 0.05) is 30.8 Å². The molecule has 1 saturated carbocycles. The van der Waals surface area contributed by atoms with E-state index in [2.05, 4.69) is 0 Å². The van der Waals surface area contributed by atoms with E-state index in [-0.39, 0.29) is 17.9 Å². The Morgan fingerprint density at radius 1 is 1.40 bits per heavy atom. The fourth-order valence-corrected chi connectivity index (χ4v) is 3.44. The summed E-state index contributed by atoms with van der Waals surface area (Å²) in [5.41, 5.74) is 6.88. The first-order valence-corrected chi connectivity index (χ1v) is 7.01. The summed E-state index contributed by atoms with van der Waals surface area (Å²) in [4.78, 5) is 14.3. The zero-order chi connectivity index (χ0) is 14.3. The lowest BCUT2D eigenvalue weighted by Crippen LogP contribution is -2.31. The number of nitrogens with zero attached hydrogens (tertiary/aromatic N) is 1. The molecule has 3 rings (SSSR count). The number of aliphatic hydroxyl groups excluding tert-OH is 1. The number of ether oxygens (including phenoxy) is 1. The zero-order valence-electron chi connectivity index (χ0n) is 11.6. The lowest BCUT2D eigenvalue weighted by Gasteiger charge is -2.19. The Bertz CT molecular complexity index is 532. The van der Waals surface area contributed by atoms with Crippen molar-refractivity contribution in [2.75, 3.05) is 25.9 Å². The largest absolute Gasteiger partial charge is 0.497 e. The van der Waals surface area contributed by atoms with Gasteiger partial charge in [0.15, 0.2) is 0 Å². The van der Waals surface area contributed by atoms with Gasteiger partial charge in [-0.25, -0.2) is 0 Å². The Labute approximate surface area is 118 Å². The van der Waals surface area contributed by atoms with Gasteiger partial charge in [0.25, 0.3) is 5.91 Å². The van der Waals surface area contributed by atoms with Crippen LogP contribution in [0.1, 0.15) is 23.2 Å². The molecule has 0 radical (unpaired) electrons. The van der Waals surface area contributed by atoms with Gasteiger partial charge in [-0.3, -0.25) is 4.79 Å². The molecule has 0 bridgehead atoms. The monoisotopic (exact) mass is 276 g/mol. The van der Waals surface area contributed by atoms with Crippen LogP contribution in [-0.4, -0.2) is 42.2 Å². The molecule has 20 heavy (non-hydrogen) atoms. The predicted octanol–water partition coefficient (Wildman–Crippen LogP) is 1.12. The number of rotatable bonds is 2. The number of fused-ring (bicyclic) bond motifs is 1. The number of carbonyl (C=O) groups is 1. The average molecular weight is 276 g/mol. The molecule has 5 nitrogen and oxygen atoms in total. The number of hydrogen-bond acceptors (Lipinski definition) is 4. The van der Waals surface area contributed by atoms with Crippen LogP contribution in [0.3, 0.4) is 0 Å².